The lowest BCUT2D eigenvalue weighted by Crippen LogP contribution is -1.93. The minimum Gasteiger partial charge on any atom is -0.295 e. The molecule has 0 saturated carbocycles. The molecule has 0 aliphatic rings. The van der Waals surface area contributed by atoms with Crippen LogP contribution in [-0.4, -0.2) is 9.97 Å². The van der Waals surface area contributed by atoms with E-state index in [0.717, 1.165) is 33.6 Å². The fraction of sp³-hybridized carbons (Fsp3) is 0.150. The van der Waals surface area contributed by atoms with Crippen LogP contribution in [0.1, 0.15) is 19.5 Å². The van der Waals surface area contributed by atoms with Gasteiger partial charge in [0.05, 0.1) is 6.07 Å². The molecule has 0 saturated heterocycles. The second-order valence-corrected chi connectivity index (χ2v) is 5.29. The predicted octanol–water partition coefficient (Wildman–Crippen LogP) is 4.88. The van der Waals surface area contributed by atoms with Gasteiger partial charge in [-0.3, -0.25) is 4.98 Å². The van der Waals surface area contributed by atoms with Crippen LogP contribution < -0.4 is 0 Å². The van der Waals surface area contributed by atoms with E-state index in [0.29, 0.717) is 0 Å². The van der Waals surface area contributed by atoms with Gasteiger partial charge in [0, 0.05) is 17.3 Å². The van der Waals surface area contributed by atoms with Gasteiger partial charge in [0.2, 0.25) is 0 Å². The highest BCUT2D eigenvalue weighted by atomic mass is 14.9. The van der Waals surface area contributed by atoms with Crippen LogP contribution in [0.2, 0.25) is 0 Å². The summed E-state index contributed by atoms with van der Waals surface area (Å²) >= 11 is 0. The monoisotopic (exact) mass is 300 g/mol. The van der Waals surface area contributed by atoms with Crippen molar-refractivity contribution in [3.63, 3.8) is 0 Å². The maximum absolute atomic E-state index is 7.91. The van der Waals surface area contributed by atoms with Gasteiger partial charge >= 0.3 is 0 Å². The minimum absolute atomic E-state index is 0.773. The van der Waals surface area contributed by atoms with Crippen LogP contribution in [0.3, 0.4) is 0 Å². The lowest BCUT2D eigenvalue weighted by atomic mass is 10.1. The predicted molar refractivity (Wildman–Crippen MR) is 93.6 cm³/mol. The molecule has 3 heteroatoms. The third kappa shape index (κ3) is 4.49. The Labute approximate surface area is 137 Å². The topological polar surface area (TPSA) is 49.6 Å². The molecule has 1 aromatic heterocycles. The Morgan fingerprint density at radius 3 is 2.48 bits per heavy atom. The molecule has 0 bridgehead atoms. The summed E-state index contributed by atoms with van der Waals surface area (Å²) in [5.41, 5.74) is 4.04. The summed E-state index contributed by atoms with van der Waals surface area (Å²) in [4.78, 5) is 9.11. The van der Waals surface area contributed by atoms with Crippen molar-refractivity contribution in [3.8, 4) is 17.5 Å². The Morgan fingerprint density at radius 1 is 1.13 bits per heavy atom. The van der Waals surface area contributed by atoms with E-state index in [1.807, 2.05) is 75.4 Å². The average molecular weight is 300 g/mol. The Morgan fingerprint density at radius 2 is 1.87 bits per heavy atom. The Balaban J connectivity index is 0.000000277. The van der Waals surface area contributed by atoms with Crippen LogP contribution in [-0.2, 0) is 0 Å². The van der Waals surface area contributed by atoms with Crippen molar-refractivity contribution in [2.75, 3.05) is 0 Å². The van der Waals surface area contributed by atoms with Crippen LogP contribution >= 0.6 is 0 Å². The number of benzene rings is 2. The van der Waals surface area contributed by atoms with Crippen molar-refractivity contribution in [2.24, 2.45) is 0 Å². The number of hydrogen-bond donors (Lipinski definition) is 0. The zero-order chi connectivity index (χ0) is 16.7. The molecule has 0 aliphatic heterocycles. The minimum atomic E-state index is 0.773. The molecule has 23 heavy (non-hydrogen) atoms. The third-order valence-corrected chi connectivity index (χ3v) is 3.12. The number of nitrogens with zero attached hydrogens (tertiary/aromatic N) is 3. The number of allylic oxidation sites excluding steroid dienone is 2. The molecule has 0 aliphatic carbocycles. The van der Waals surface area contributed by atoms with Gasteiger partial charge in [-0.05, 0) is 26.3 Å². The molecule has 0 spiro atoms. The summed E-state index contributed by atoms with van der Waals surface area (Å²) < 4.78 is 0. The molecular weight excluding hydrogens is 282 g/mol. The normalized spacial score (nSPS) is 9.48. The fourth-order valence-corrected chi connectivity index (χ4v) is 2.02. The van der Waals surface area contributed by atoms with Gasteiger partial charge in [-0.15, -0.1) is 0 Å². The Bertz CT molecular complexity index is 855. The molecule has 0 unspecified atom stereocenters. The second kappa shape index (κ2) is 7.86. The number of hydrogen-bond acceptors (Lipinski definition) is 3. The molecule has 2 aromatic carbocycles. The third-order valence-electron chi connectivity index (χ3n) is 3.12. The van der Waals surface area contributed by atoms with Gasteiger partial charge in [0.1, 0.15) is 5.82 Å². The summed E-state index contributed by atoms with van der Waals surface area (Å²) in [5, 5.41) is 9.00. The van der Waals surface area contributed by atoms with Crippen LogP contribution in [0.5, 0.6) is 0 Å². The van der Waals surface area contributed by atoms with E-state index in [1.54, 1.807) is 0 Å². The van der Waals surface area contributed by atoms with E-state index in [2.05, 4.69) is 16.0 Å². The highest BCUT2D eigenvalue weighted by Gasteiger charge is 2.01. The van der Waals surface area contributed by atoms with Gasteiger partial charge in [-0.25, -0.2) is 4.98 Å². The van der Waals surface area contributed by atoms with E-state index in [-0.39, 0.29) is 0 Å². The van der Waals surface area contributed by atoms with Crippen molar-refractivity contribution in [3.05, 3.63) is 71.9 Å². The lowest BCUT2D eigenvalue weighted by Gasteiger charge is -2.10. The number of aryl methyl sites for hydroxylation is 1. The Kier molecular flexibility index (Phi) is 5.60. The summed E-state index contributed by atoms with van der Waals surface area (Å²) in [6.07, 6.45) is 1.51. The molecule has 1 heterocycles. The fourth-order valence-electron chi connectivity index (χ4n) is 2.02. The zero-order valence-electron chi connectivity index (χ0n) is 13.5. The first-order chi connectivity index (χ1) is 11.1. The standard InChI is InChI=1S/C15H11N2.C5H7N/c1-11-13-9-5-6-10-14(13)17-15(16-11)12-7-3-2-4-8-12;1-5(2)3-4-6/h2-5,7-10H,1H3;3H,1-2H3/q-1;. The van der Waals surface area contributed by atoms with Gasteiger partial charge in [0.25, 0.3) is 0 Å². The van der Waals surface area contributed by atoms with E-state index in [9.17, 15) is 0 Å². The van der Waals surface area contributed by atoms with E-state index in [1.165, 1.54) is 6.08 Å². The van der Waals surface area contributed by atoms with E-state index < -0.39 is 0 Å². The molecule has 0 amide bonds. The van der Waals surface area contributed by atoms with Crippen molar-refractivity contribution in [2.45, 2.75) is 20.8 Å². The molecule has 0 radical (unpaired) electrons. The number of aromatic nitrogens is 2. The summed E-state index contributed by atoms with van der Waals surface area (Å²) in [5.74, 6) is 0.773. The lowest BCUT2D eigenvalue weighted by molar-refractivity contribution is 1.16. The van der Waals surface area contributed by atoms with Crippen molar-refractivity contribution < 1.29 is 0 Å². The van der Waals surface area contributed by atoms with Crippen LogP contribution in [0.25, 0.3) is 22.3 Å². The average Bonchev–Trinajstić information content (AvgIpc) is 2.56. The highest BCUT2D eigenvalue weighted by molar-refractivity contribution is 5.82. The summed E-state index contributed by atoms with van der Waals surface area (Å²) in [7, 11) is 0. The van der Waals surface area contributed by atoms with Gasteiger partial charge in [-0.2, -0.15) is 29.5 Å². The summed E-state index contributed by atoms with van der Waals surface area (Å²) in [6.45, 7) is 5.79. The Hall–Kier alpha value is -2.99. The molecule has 114 valence electrons. The maximum atomic E-state index is 7.91. The van der Waals surface area contributed by atoms with Gasteiger partial charge in [0.15, 0.2) is 0 Å². The molecule has 3 rings (SSSR count). The maximum Gasteiger partial charge on any atom is 0.147 e. The molecule has 0 N–H and O–H groups in total. The number of rotatable bonds is 1. The van der Waals surface area contributed by atoms with E-state index >= 15 is 0 Å². The van der Waals surface area contributed by atoms with Crippen molar-refractivity contribution in [1.82, 2.24) is 9.97 Å². The van der Waals surface area contributed by atoms with Crippen LogP contribution in [0, 0.1) is 24.3 Å². The highest BCUT2D eigenvalue weighted by Crippen LogP contribution is 2.20. The first-order valence-corrected chi connectivity index (χ1v) is 7.34. The van der Waals surface area contributed by atoms with Crippen LogP contribution in [0.15, 0.2) is 60.2 Å². The SMILES string of the molecule is CC(C)=CC#N.Cc1nc(-c2ccccc2)nc2c[c-]ccc12. The first kappa shape index (κ1) is 16.4. The second-order valence-electron chi connectivity index (χ2n) is 5.29. The van der Waals surface area contributed by atoms with Crippen molar-refractivity contribution >= 4 is 10.9 Å². The van der Waals surface area contributed by atoms with E-state index in [4.69, 9.17) is 5.26 Å². The van der Waals surface area contributed by atoms with Crippen molar-refractivity contribution in [1.29, 1.82) is 5.26 Å². The molecular formula is C20H18N3-. The van der Waals surface area contributed by atoms with Gasteiger partial charge < -0.3 is 0 Å². The molecule has 3 aromatic rings. The molecule has 3 nitrogen and oxygen atoms in total. The van der Waals surface area contributed by atoms with Gasteiger partial charge in [-0.1, -0.05) is 41.3 Å². The largest absolute Gasteiger partial charge is 0.295 e. The van der Waals surface area contributed by atoms with Crippen LogP contribution in [0.4, 0.5) is 0 Å². The first-order valence-electron chi connectivity index (χ1n) is 7.34. The molecule has 0 atom stereocenters. The number of fused-ring (bicyclic) bond motifs is 1. The summed E-state index contributed by atoms with van der Waals surface area (Å²) in [6, 6.07) is 20.8. The molecule has 0 fully saturated rings. The smallest absolute Gasteiger partial charge is 0.147 e. The zero-order valence-corrected chi connectivity index (χ0v) is 13.5. The number of nitriles is 1. The quantitative estimate of drug-likeness (QED) is 0.475.